The van der Waals surface area contributed by atoms with Crippen LogP contribution in [0.4, 0.5) is 0 Å². The van der Waals surface area contributed by atoms with Crippen LogP contribution < -0.4 is 0 Å². The van der Waals surface area contributed by atoms with Crippen LogP contribution >= 0.6 is 11.8 Å². The Kier molecular flexibility index (Phi) is 5.98. The average Bonchev–Trinajstić information content (AvgIpc) is 2.29. The molecule has 0 spiro atoms. The lowest BCUT2D eigenvalue weighted by Gasteiger charge is -2.39. The first-order valence-corrected chi connectivity index (χ1v) is 6.42. The Morgan fingerprint density at radius 1 is 1.19 bits per heavy atom. The summed E-state index contributed by atoms with van der Waals surface area (Å²) in [6.07, 6.45) is -4.01. The molecule has 5 atom stereocenters. The SMILES string of the molecule is CSCCO[C@H]1OC(CO)[C@H](O)C(O)C1O. The van der Waals surface area contributed by atoms with Crippen molar-refractivity contribution in [2.45, 2.75) is 30.7 Å². The van der Waals surface area contributed by atoms with Crippen LogP contribution in [0.2, 0.25) is 0 Å². The Hall–Kier alpha value is 0.110. The van der Waals surface area contributed by atoms with E-state index in [0.29, 0.717) is 6.61 Å². The summed E-state index contributed by atoms with van der Waals surface area (Å²) in [5.41, 5.74) is 0. The maximum absolute atomic E-state index is 9.57. The molecule has 0 bridgehead atoms. The molecule has 1 aliphatic heterocycles. The third-order valence-electron chi connectivity index (χ3n) is 2.42. The van der Waals surface area contributed by atoms with Gasteiger partial charge in [-0.15, -0.1) is 0 Å². The first-order chi connectivity index (χ1) is 7.61. The van der Waals surface area contributed by atoms with Gasteiger partial charge >= 0.3 is 0 Å². The zero-order valence-electron chi connectivity index (χ0n) is 9.02. The fraction of sp³-hybridized carbons (Fsp3) is 1.00. The number of hydrogen-bond acceptors (Lipinski definition) is 7. The summed E-state index contributed by atoms with van der Waals surface area (Å²) < 4.78 is 10.3. The van der Waals surface area contributed by atoms with Crippen LogP contribution in [0, 0.1) is 0 Å². The summed E-state index contributed by atoms with van der Waals surface area (Å²) in [6.45, 7) is -0.0722. The third-order valence-corrected chi connectivity index (χ3v) is 2.99. The van der Waals surface area contributed by atoms with Gasteiger partial charge in [0.15, 0.2) is 6.29 Å². The molecule has 96 valence electrons. The lowest BCUT2D eigenvalue weighted by Crippen LogP contribution is -2.59. The molecule has 1 aliphatic rings. The molecule has 1 rings (SSSR count). The number of thioether (sulfide) groups is 1. The molecular weight excluding hydrogens is 236 g/mol. The second-order valence-corrected chi connectivity index (χ2v) is 4.55. The molecular formula is C9H18O6S. The predicted octanol–water partition coefficient (Wildman–Crippen LogP) is -1.83. The molecule has 0 aliphatic carbocycles. The van der Waals surface area contributed by atoms with Crippen molar-refractivity contribution in [3.8, 4) is 0 Å². The molecule has 16 heavy (non-hydrogen) atoms. The summed E-state index contributed by atoms with van der Waals surface area (Å²) in [6, 6.07) is 0. The molecule has 0 aromatic rings. The predicted molar refractivity (Wildman–Crippen MR) is 58.1 cm³/mol. The Labute approximate surface area is 98.2 Å². The van der Waals surface area contributed by atoms with E-state index in [1.54, 1.807) is 11.8 Å². The number of hydrogen-bond donors (Lipinski definition) is 4. The van der Waals surface area contributed by atoms with E-state index >= 15 is 0 Å². The number of aliphatic hydroxyl groups is 4. The molecule has 1 fully saturated rings. The summed E-state index contributed by atoms with van der Waals surface area (Å²) >= 11 is 1.58. The lowest BCUT2D eigenvalue weighted by molar-refractivity contribution is -0.299. The van der Waals surface area contributed by atoms with Crippen LogP contribution in [0.5, 0.6) is 0 Å². The van der Waals surface area contributed by atoms with Gasteiger partial charge in [0.25, 0.3) is 0 Å². The van der Waals surface area contributed by atoms with Gasteiger partial charge in [0.1, 0.15) is 24.4 Å². The van der Waals surface area contributed by atoms with Crippen LogP contribution in [0.15, 0.2) is 0 Å². The standard InChI is InChI=1S/C9H18O6S/c1-16-3-2-14-9-8(13)7(12)6(11)5(4-10)15-9/h5-13H,2-4H2,1H3/t5?,6-,7?,8?,9-/m0/s1. The summed E-state index contributed by atoms with van der Waals surface area (Å²) in [5.74, 6) is 0.731. The van der Waals surface area contributed by atoms with Gasteiger partial charge in [0.05, 0.1) is 13.2 Å². The van der Waals surface area contributed by atoms with E-state index in [0.717, 1.165) is 5.75 Å². The summed E-state index contributed by atoms with van der Waals surface area (Å²) in [7, 11) is 0. The van der Waals surface area contributed by atoms with Crippen molar-refractivity contribution in [1.29, 1.82) is 0 Å². The Morgan fingerprint density at radius 2 is 1.88 bits per heavy atom. The Bertz CT molecular complexity index is 202. The second-order valence-electron chi connectivity index (χ2n) is 3.56. The normalized spacial score (nSPS) is 39.9. The van der Waals surface area contributed by atoms with Gasteiger partial charge in [0, 0.05) is 5.75 Å². The minimum atomic E-state index is -1.37. The molecule has 0 amide bonds. The van der Waals surface area contributed by atoms with Crippen molar-refractivity contribution in [2.24, 2.45) is 0 Å². The topological polar surface area (TPSA) is 99.4 Å². The molecule has 4 N–H and O–H groups in total. The molecule has 7 heteroatoms. The smallest absolute Gasteiger partial charge is 0.186 e. The van der Waals surface area contributed by atoms with Gasteiger partial charge in [-0.3, -0.25) is 0 Å². The van der Waals surface area contributed by atoms with Crippen molar-refractivity contribution in [1.82, 2.24) is 0 Å². The fourth-order valence-corrected chi connectivity index (χ4v) is 1.72. The van der Waals surface area contributed by atoms with Crippen LogP contribution in [-0.2, 0) is 9.47 Å². The number of aliphatic hydroxyl groups excluding tert-OH is 4. The minimum absolute atomic E-state index is 0.365. The molecule has 3 unspecified atom stereocenters. The van der Waals surface area contributed by atoms with Crippen molar-refractivity contribution in [3.63, 3.8) is 0 Å². The lowest BCUT2D eigenvalue weighted by atomic mass is 9.99. The van der Waals surface area contributed by atoms with E-state index in [4.69, 9.17) is 14.6 Å². The Morgan fingerprint density at radius 3 is 2.44 bits per heavy atom. The van der Waals surface area contributed by atoms with E-state index < -0.39 is 37.3 Å². The van der Waals surface area contributed by atoms with E-state index in [1.165, 1.54) is 0 Å². The van der Waals surface area contributed by atoms with Gasteiger partial charge in [-0.2, -0.15) is 11.8 Å². The van der Waals surface area contributed by atoms with E-state index in [-0.39, 0.29) is 0 Å². The molecule has 0 saturated carbocycles. The Balaban J connectivity index is 2.50. The second kappa shape index (κ2) is 6.75. The van der Waals surface area contributed by atoms with E-state index in [9.17, 15) is 15.3 Å². The zero-order chi connectivity index (χ0) is 12.1. The largest absolute Gasteiger partial charge is 0.394 e. The highest BCUT2D eigenvalue weighted by Crippen LogP contribution is 2.21. The minimum Gasteiger partial charge on any atom is -0.394 e. The van der Waals surface area contributed by atoms with Crippen molar-refractivity contribution in [2.75, 3.05) is 25.2 Å². The zero-order valence-corrected chi connectivity index (χ0v) is 9.84. The first kappa shape index (κ1) is 14.2. The molecule has 6 nitrogen and oxygen atoms in total. The molecule has 0 radical (unpaired) electrons. The van der Waals surface area contributed by atoms with Crippen LogP contribution in [-0.4, -0.2) is 76.4 Å². The average molecular weight is 254 g/mol. The maximum atomic E-state index is 9.57. The van der Waals surface area contributed by atoms with Crippen molar-refractivity contribution in [3.05, 3.63) is 0 Å². The molecule has 1 heterocycles. The maximum Gasteiger partial charge on any atom is 0.186 e. The highest BCUT2D eigenvalue weighted by molar-refractivity contribution is 7.98. The van der Waals surface area contributed by atoms with E-state index in [2.05, 4.69) is 0 Å². The highest BCUT2D eigenvalue weighted by atomic mass is 32.2. The quantitative estimate of drug-likeness (QED) is 0.428. The fourth-order valence-electron chi connectivity index (χ4n) is 1.45. The van der Waals surface area contributed by atoms with E-state index in [1.807, 2.05) is 6.26 Å². The summed E-state index contributed by atoms with van der Waals surface area (Å²) in [5, 5.41) is 37.4. The van der Waals surface area contributed by atoms with Gasteiger partial charge in [0.2, 0.25) is 0 Å². The molecule has 0 aromatic heterocycles. The molecule has 0 aromatic carbocycles. The number of rotatable bonds is 5. The third kappa shape index (κ3) is 3.30. The van der Waals surface area contributed by atoms with Gasteiger partial charge < -0.3 is 29.9 Å². The van der Waals surface area contributed by atoms with Gasteiger partial charge in [-0.1, -0.05) is 0 Å². The van der Waals surface area contributed by atoms with Gasteiger partial charge in [-0.05, 0) is 6.26 Å². The number of ether oxygens (including phenoxy) is 2. The van der Waals surface area contributed by atoms with Crippen LogP contribution in [0.3, 0.4) is 0 Å². The van der Waals surface area contributed by atoms with Crippen LogP contribution in [0.1, 0.15) is 0 Å². The molecule has 1 saturated heterocycles. The van der Waals surface area contributed by atoms with Gasteiger partial charge in [-0.25, -0.2) is 0 Å². The monoisotopic (exact) mass is 254 g/mol. The highest BCUT2D eigenvalue weighted by Gasteiger charge is 2.43. The first-order valence-electron chi connectivity index (χ1n) is 5.03. The summed E-state index contributed by atoms with van der Waals surface area (Å²) in [4.78, 5) is 0. The van der Waals surface area contributed by atoms with Crippen molar-refractivity contribution < 1.29 is 29.9 Å². The van der Waals surface area contributed by atoms with Crippen LogP contribution in [0.25, 0.3) is 0 Å². The van der Waals surface area contributed by atoms with Crippen molar-refractivity contribution >= 4 is 11.8 Å².